The van der Waals surface area contributed by atoms with Crippen molar-refractivity contribution in [2.24, 2.45) is 7.05 Å². The van der Waals surface area contributed by atoms with Crippen LogP contribution < -0.4 is 11.1 Å². The van der Waals surface area contributed by atoms with Gasteiger partial charge in [-0.25, -0.2) is 4.98 Å². The minimum Gasteiger partial charge on any atom is -0.384 e. The van der Waals surface area contributed by atoms with Crippen LogP contribution in [0.3, 0.4) is 0 Å². The van der Waals surface area contributed by atoms with E-state index >= 15 is 0 Å². The molecule has 8 heteroatoms. The number of nitrogen functional groups attached to an aromatic ring is 1. The van der Waals surface area contributed by atoms with Crippen LogP contribution >= 0.6 is 0 Å². The summed E-state index contributed by atoms with van der Waals surface area (Å²) in [5.74, 6) is 0.421. The lowest BCUT2D eigenvalue weighted by molar-refractivity contribution is -0.129. The molecule has 4 rings (SSSR count). The standard InChI is InChI=1S/C21H24N6O2/c1-13(28)27-9-7-16(8-10-27)24-21(29)14-3-5-18-17(11-14)20(25-26(18)2)15-4-6-19(22)23-12-15/h3-6,11-12,16H,7-10H2,1-2H3,(H2,22,23)(H,24,29). The molecule has 0 atom stereocenters. The first-order valence-corrected chi connectivity index (χ1v) is 9.67. The maximum absolute atomic E-state index is 12.8. The van der Waals surface area contributed by atoms with Crippen molar-refractivity contribution in [3.63, 3.8) is 0 Å². The number of benzene rings is 1. The smallest absolute Gasteiger partial charge is 0.251 e. The van der Waals surface area contributed by atoms with Gasteiger partial charge in [-0.1, -0.05) is 0 Å². The van der Waals surface area contributed by atoms with Gasteiger partial charge in [0.25, 0.3) is 5.91 Å². The molecule has 1 saturated heterocycles. The number of carbonyl (C=O) groups excluding carboxylic acids is 2. The van der Waals surface area contributed by atoms with E-state index in [1.807, 2.05) is 36.2 Å². The highest BCUT2D eigenvalue weighted by Gasteiger charge is 2.23. The van der Waals surface area contributed by atoms with E-state index in [0.29, 0.717) is 24.5 Å². The molecule has 3 N–H and O–H groups in total. The molecule has 3 heterocycles. The second-order valence-electron chi connectivity index (χ2n) is 7.43. The quantitative estimate of drug-likeness (QED) is 0.709. The molecule has 1 aliphatic rings. The number of nitrogens with two attached hydrogens (primary N) is 1. The second kappa shape index (κ2) is 7.54. The summed E-state index contributed by atoms with van der Waals surface area (Å²) in [4.78, 5) is 30.2. The Balaban J connectivity index is 1.57. The number of hydrogen-bond donors (Lipinski definition) is 2. The predicted molar refractivity (Wildman–Crippen MR) is 111 cm³/mol. The zero-order valence-electron chi connectivity index (χ0n) is 16.6. The van der Waals surface area contributed by atoms with Crippen LogP contribution in [-0.2, 0) is 11.8 Å². The number of hydrogen-bond acceptors (Lipinski definition) is 5. The first-order chi connectivity index (χ1) is 13.9. The topological polar surface area (TPSA) is 106 Å². The Morgan fingerprint density at radius 1 is 1.17 bits per heavy atom. The summed E-state index contributed by atoms with van der Waals surface area (Å²) in [6, 6.07) is 9.27. The van der Waals surface area contributed by atoms with Crippen LogP contribution in [0.25, 0.3) is 22.2 Å². The summed E-state index contributed by atoms with van der Waals surface area (Å²) in [6.07, 6.45) is 3.22. The van der Waals surface area contributed by atoms with Gasteiger partial charge in [0, 0.05) is 55.8 Å². The summed E-state index contributed by atoms with van der Waals surface area (Å²) in [5.41, 5.74) is 8.82. The zero-order valence-corrected chi connectivity index (χ0v) is 16.6. The number of anilines is 1. The van der Waals surface area contributed by atoms with Gasteiger partial charge >= 0.3 is 0 Å². The minimum absolute atomic E-state index is 0.0727. The van der Waals surface area contributed by atoms with E-state index in [0.717, 1.165) is 35.0 Å². The molecule has 8 nitrogen and oxygen atoms in total. The number of piperidine rings is 1. The maximum Gasteiger partial charge on any atom is 0.251 e. The van der Waals surface area contributed by atoms with Gasteiger partial charge in [-0.2, -0.15) is 5.10 Å². The molecule has 0 spiro atoms. The average Bonchev–Trinajstić information content (AvgIpc) is 3.05. The van der Waals surface area contributed by atoms with E-state index in [1.165, 1.54) is 0 Å². The molecular weight excluding hydrogens is 368 g/mol. The van der Waals surface area contributed by atoms with E-state index in [1.54, 1.807) is 23.9 Å². The van der Waals surface area contributed by atoms with Crippen LogP contribution in [0.15, 0.2) is 36.5 Å². The molecule has 0 aliphatic carbocycles. The lowest BCUT2D eigenvalue weighted by Crippen LogP contribution is -2.45. The summed E-state index contributed by atoms with van der Waals surface area (Å²) in [6.45, 7) is 2.93. The number of nitrogens with zero attached hydrogens (tertiary/aromatic N) is 4. The van der Waals surface area contributed by atoms with Crippen molar-refractivity contribution in [1.29, 1.82) is 0 Å². The Hall–Kier alpha value is -3.42. The Morgan fingerprint density at radius 3 is 2.59 bits per heavy atom. The number of rotatable bonds is 3. The first-order valence-electron chi connectivity index (χ1n) is 9.67. The third-order valence-electron chi connectivity index (χ3n) is 5.45. The van der Waals surface area contributed by atoms with Crippen molar-refractivity contribution in [3.05, 3.63) is 42.1 Å². The number of carbonyl (C=O) groups is 2. The molecule has 0 bridgehead atoms. The molecular formula is C21H24N6O2. The van der Waals surface area contributed by atoms with Gasteiger partial charge in [-0.3, -0.25) is 14.3 Å². The van der Waals surface area contributed by atoms with Crippen molar-refractivity contribution in [2.75, 3.05) is 18.8 Å². The van der Waals surface area contributed by atoms with Crippen LogP contribution in [0.4, 0.5) is 5.82 Å². The maximum atomic E-state index is 12.8. The third kappa shape index (κ3) is 3.78. The van der Waals surface area contributed by atoms with E-state index in [9.17, 15) is 9.59 Å². The fourth-order valence-corrected chi connectivity index (χ4v) is 3.77. The number of aromatic nitrogens is 3. The molecule has 3 aromatic rings. The molecule has 1 aromatic carbocycles. The fourth-order valence-electron chi connectivity index (χ4n) is 3.77. The van der Waals surface area contributed by atoms with Crippen molar-refractivity contribution in [3.8, 4) is 11.3 Å². The normalized spacial score (nSPS) is 14.9. The molecule has 0 radical (unpaired) electrons. The first kappa shape index (κ1) is 18.9. The average molecular weight is 392 g/mol. The van der Waals surface area contributed by atoms with E-state index in [4.69, 9.17) is 5.73 Å². The summed E-state index contributed by atoms with van der Waals surface area (Å²) < 4.78 is 1.79. The Labute approximate surface area is 168 Å². The van der Waals surface area contributed by atoms with Gasteiger partial charge in [0.15, 0.2) is 0 Å². The number of fused-ring (bicyclic) bond motifs is 1. The lowest BCUT2D eigenvalue weighted by atomic mass is 10.0. The van der Waals surface area contributed by atoms with Gasteiger partial charge in [0.1, 0.15) is 11.5 Å². The Morgan fingerprint density at radius 2 is 1.93 bits per heavy atom. The van der Waals surface area contributed by atoms with Crippen LogP contribution in [-0.4, -0.2) is 50.6 Å². The van der Waals surface area contributed by atoms with E-state index < -0.39 is 0 Å². The lowest BCUT2D eigenvalue weighted by Gasteiger charge is -2.31. The summed E-state index contributed by atoms with van der Waals surface area (Å²) in [7, 11) is 1.87. The molecule has 2 aromatic heterocycles. The van der Waals surface area contributed by atoms with Crippen molar-refractivity contribution in [2.45, 2.75) is 25.8 Å². The van der Waals surface area contributed by atoms with Crippen molar-refractivity contribution >= 4 is 28.5 Å². The monoisotopic (exact) mass is 392 g/mol. The highest BCUT2D eigenvalue weighted by Crippen LogP contribution is 2.28. The van der Waals surface area contributed by atoms with Crippen LogP contribution in [0, 0.1) is 0 Å². The Kier molecular flexibility index (Phi) is 4.92. The van der Waals surface area contributed by atoms with Gasteiger partial charge in [-0.05, 0) is 43.2 Å². The van der Waals surface area contributed by atoms with Gasteiger partial charge < -0.3 is 16.0 Å². The molecule has 0 unspecified atom stereocenters. The van der Waals surface area contributed by atoms with Gasteiger partial charge in [0.2, 0.25) is 5.91 Å². The second-order valence-corrected chi connectivity index (χ2v) is 7.43. The number of aryl methyl sites for hydroxylation is 1. The van der Waals surface area contributed by atoms with Gasteiger partial charge in [-0.15, -0.1) is 0 Å². The van der Waals surface area contributed by atoms with Crippen LogP contribution in [0.2, 0.25) is 0 Å². The minimum atomic E-state index is -0.113. The fraction of sp³-hybridized carbons (Fsp3) is 0.333. The highest BCUT2D eigenvalue weighted by molar-refractivity contribution is 6.01. The molecule has 1 fully saturated rings. The van der Waals surface area contributed by atoms with Gasteiger partial charge in [0.05, 0.1) is 5.52 Å². The van der Waals surface area contributed by atoms with Crippen LogP contribution in [0.5, 0.6) is 0 Å². The summed E-state index contributed by atoms with van der Waals surface area (Å²) >= 11 is 0. The molecule has 1 aliphatic heterocycles. The van der Waals surface area contributed by atoms with Crippen molar-refractivity contribution in [1.82, 2.24) is 25.0 Å². The number of likely N-dealkylation sites (tertiary alicyclic amines) is 1. The largest absolute Gasteiger partial charge is 0.384 e. The molecule has 150 valence electrons. The molecule has 2 amide bonds. The number of pyridine rings is 1. The van der Waals surface area contributed by atoms with E-state index in [2.05, 4.69) is 15.4 Å². The SMILES string of the molecule is CC(=O)N1CCC(NC(=O)c2ccc3c(c2)c(-c2ccc(N)nc2)nn3C)CC1. The molecule has 0 saturated carbocycles. The van der Waals surface area contributed by atoms with Crippen molar-refractivity contribution < 1.29 is 9.59 Å². The van der Waals surface area contributed by atoms with E-state index in [-0.39, 0.29) is 17.9 Å². The number of amides is 2. The third-order valence-corrected chi connectivity index (χ3v) is 5.45. The highest BCUT2D eigenvalue weighted by atomic mass is 16.2. The zero-order chi connectivity index (χ0) is 20.5. The number of nitrogens with one attached hydrogen (secondary N) is 1. The summed E-state index contributed by atoms with van der Waals surface area (Å²) in [5, 5.41) is 8.58. The Bertz CT molecular complexity index is 1060. The predicted octanol–water partition coefficient (Wildman–Crippen LogP) is 1.96. The van der Waals surface area contributed by atoms with Crippen LogP contribution in [0.1, 0.15) is 30.1 Å². The molecule has 29 heavy (non-hydrogen) atoms.